The summed E-state index contributed by atoms with van der Waals surface area (Å²) in [6.45, 7) is 0.711. The van der Waals surface area contributed by atoms with Crippen molar-refractivity contribution >= 4 is 35.6 Å². The molecule has 0 aliphatic rings. The van der Waals surface area contributed by atoms with Gasteiger partial charge in [-0.1, -0.05) is 29.6 Å². The van der Waals surface area contributed by atoms with E-state index in [2.05, 4.69) is 0 Å². The van der Waals surface area contributed by atoms with Crippen LogP contribution < -0.4 is 11.5 Å². The summed E-state index contributed by atoms with van der Waals surface area (Å²) < 4.78 is 0. The number of unbranched alkanes of at least 4 members (excludes halogenated alkanes) is 1. The minimum Gasteiger partial charge on any atom is -0.330 e. The molecule has 1 atom stereocenters. The molecule has 0 unspecified atom stereocenters. The van der Waals surface area contributed by atoms with Crippen molar-refractivity contribution in [3.63, 3.8) is 0 Å². The van der Waals surface area contributed by atoms with Gasteiger partial charge < -0.3 is 11.5 Å². The molecule has 1 aromatic carbocycles. The number of hydrogen-bond acceptors (Lipinski definition) is 2. The van der Waals surface area contributed by atoms with Crippen molar-refractivity contribution in [1.29, 1.82) is 0 Å². The Kier molecular flexibility index (Phi) is 8.16. The van der Waals surface area contributed by atoms with Crippen molar-refractivity contribution in [2.45, 2.75) is 25.3 Å². The number of nitrogens with two attached hydrogens (primary N) is 2. The molecule has 2 nitrogen and oxygen atoms in total. The Morgan fingerprint density at radius 3 is 2.12 bits per heavy atom. The average Bonchev–Trinajstić information content (AvgIpc) is 2.16. The molecule has 1 rings (SSSR count). The van der Waals surface area contributed by atoms with Crippen molar-refractivity contribution in [3.05, 3.63) is 33.8 Å². The molecule has 16 heavy (non-hydrogen) atoms. The van der Waals surface area contributed by atoms with E-state index >= 15 is 0 Å². The molecule has 0 heterocycles. The minimum atomic E-state index is -0.00671. The second-order valence-corrected chi connectivity index (χ2v) is 4.47. The SMILES string of the molecule is Cl.NCCCC[C@H](N)c1cc(Cl)cc(Cl)c1. The van der Waals surface area contributed by atoms with Crippen LogP contribution in [-0.4, -0.2) is 6.54 Å². The van der Waals surface area contributed by atoms with Gasteiger partial charge in [0.25, 0.3) is 0 Å². The molecule has 0 bridgehead atoms. The van der Waals surface area contributed by atoms with E-state index < -0.39 is 0 Å². The first kappa shape index (κ1) is 16.0. The van der Waals surface area contributed by atoms with Gasteiger partial charge in [0.15, 0.2) is 0 Å². The van der Waals surface area contributed by atoms with Crippen molar-refractivity contribution in [1.82, 2.24) is 0 Å². The normalized spacial score (nSPS) is 12.0. The molecule has 5 heteroatoms. The van der Waals surface area contributed by atoms with Crippen molar-refractivity contribution in [2.24, 2.45) is 11.5 Å². The summed E-state index contributed by atoms with van der Waals surface area (Å²) in [5.41, 5.74) is 12.4. The molecule has 1 aromatic rings. The first-order chi connectivity index (χ1) is 7.13. The van der Waals surface area contributed by atoms with Gasteiger partial charge in [0.1, 0.15) is 0 Å². The topological polar surface area (TPSA) is 52.0 Å². The number of hydrogen-bond donors (Lipinski definition) is 2. The van der Waals surface area contributed by atoms with E-state index in [9.17, 15) is 0 Å². The van der Waals surface area contributed by atoms with E-state index in [0.717, 1.165) is 24.8 Å². The van der Waals surface area contributed by atoms with Gasteiger partial charge in [-0.2, -0.15) is 0 Å². The van der Waals surface area contributed by atoms with E-state index in [1.807, 2.05) is 12.1 Å². The third-order valence-corrected chi connectivity index (χ3v) is 2.72. The fourth-order valence-corrected chi connectivity index (χ4v) is 2.01. The lowest BCUT2D eigenvalue weighted by molar-refractivity contribution is 0.591. The number of halogens is 3. The predicted molar refractivity (Wildman–Crippen MR) is 73.5 cm³/mol. The Morgan fingerprint density at radius 1 is 1.06 bits per heavy atom. The highest BCUT2D eigenvalue weighted by Crippen LogP contribution is 2.24. The van der Waals surface area contributed by atoms with Crippen LogP contribution in [-0.2, 0) is 0 Å². The number of benzene rings is 1. The second-order valence-electron chi connectivity index (χ2n) is 3.59. The van der Waals surface area contributed by atoms with Crippen molar-refractivity contribution in [3.8, 4) is 0 Å². The summed E-state index contributed by atoms with van der Waals surface area (Å²) in [5.74, 6) is 0. The maximum atomic E-state index is 6.02. The van der Waals surface area contributed by atoms with Crippen LogP contribution in [0.1, 0.15) is 30.9 Å². The molecule has 0 aromatic heterocycles. The van der Waals surface area contributed by atoms with Gasteiger partial charge in [-0.15, -0.1) is 12.4 Å². The van der Waals surface area contributed by atoms with Gasteiger partial charge in [0, 0.05) is 16.1 Å². The van der Waals surface area contributed by atoms with Gasteiger partial charge in [0.2, 0.25) is 0 Å². The largest absolute Gasteiger partial charge is 0.330 e. The standard InChI is InChI=1S/C11H16Cl2N2.ClH/c12-9-5-8(6-10(13)7-9)11(15)3-1-2-4-14;/h5-7,11H,1-4,14-15H2;1H/t11-;/m0./s1. The van der Waals surface area contributed by atoms with E-state index in [1.54, 1.807) is 6.07 Å². The first-order valence-electron chi connectivity index (χ1n) is 5.05. The molecule has 0 aliphatic heterocycles. The highest BCUT2D eigenvalue weighted by Gasteiger charge is 2.07. The van der Waals surface area contributed by atoms with E-state index in [0.29, 0.717) is 16.6 Å². The van der Waals surface area contributed by atoms with Crippen LogP contribution in [0.15, 0.2) is 18.2 Å². The maximum absolute atomic E-state index is 6.02. The molecule has 4 N–H and O–H groups in total. The zero-order valence-corrected chi connectivity index (χ0v) is 11.3. The summed E-state index contributed by atoms with van der Waals surface area (Å²) in [5, 5.41) is 1.26. The van der Waals surface area contributed by atoms with Crippen LogP contribution in [0.2, 0.25) is 10.0 Å². The zero-order valence-electron chi connectivity index (χ0n) is 8.96. The molecular weight excluding hydrogens is 266 g/mol. The number of rotatable bonds is 5. The molecule has 0 amide bonds. The molecular formula is C11H17Cl3N2. The summed E-state index contributed by atoms with van der Waals surface area (Å²) in [6.07, 6.45) is 2.94. The van der Waals surface area contributed by atoms with Gasteiger partial charge >= 0.3 is 0 Å². The van der Waals surface area contributed by atoms with Gasteiger partial charge in [-0.3, -0.25) is 0 Å². The molecule has 92 valence electrons. The Labute approximate surface area is 113 Å². The fraction of sp³-hybridized carbons (Fsp3) is 0.455. The van der Waals surface area contributed by atoms with Crippen LogP contribution in [0.4, 0.5) is 0 Å². The Morgan fingerprint density at radius 2 is 1.62 bits per heavy atom. The lowest BCUT2D eigenvalue weighted by atomic mass is 10.0. The molecule has 0 saturated carbocycles. The summed E-state index contributed by atoms with van der Waals surface area (Å²) in [6, 6.07) is 5.42. The van der Waals surface area contributed by atoms with E-state index in [1.165, 1.54) is 0 Å². The van der Waals surface area contributed by atoms with Crippen molar-refractivity contribution < 1.29 is 0 Å². The van der Waals surface area contributed by atoms with Gasteiger partial charge in [0.05, 0.1) is 0 Å². The zero-order chi connectivity index (χ0) is 11.3. The summed E-state index contributed by atoms with van der Waals surface area (Å²) >= 11 is 11.8. The van der Waals surface area contributed by atoms with E-state index in [4.69, 9.17) is 34.7 Å². The first-order valence-corrected chi connectivity index (χ1v) is 5.80. The highest BCUT2D eigenvalue weighted by molar-refractivity contribution is 6.34. The molecule has 0 saturated heterocycles. The lowest BCUT2D eigenvalue weighted by Gasteiger charge is -2.12. The van der Waals surface area contributed by atoms with Crippen LogP contribution in [0.25, 0.3) is 0 Å². The minimum absolute atomic E-state index is 0. The monoisotopic (exact) mass is 282 g/mol. The van der Waals surface area contributed by atoms with Crippen LogP contribution >= 0.6 is 35.6 Å². The second kappa shape index (κ2) is 8.15. The molecule has 0 radical (unpaired) electrons. The van der Waals surface area contributed by atoms with Crippen LogP contribution in [0.3, 0.4) is 0 Å². The quantitative estimate of drug-likeness (QED) is 0.812. The third-order valence-electron chi connectivity index (χ3n) is 2.28. The molecule has 0 aliphatic carbocycles. The molecule has 0 spiro atoms. The van der Waals surface area contributed by atoms with Crippen molar-refractivity contribution in [2.75, 3.05) is 6.54 Å². The van der Waals surface area contributed by atoms with Crippen LogP contribution in [0, 0.1) is 0 Å². The Hall–Kier alpha value is 0.01000. The average molecular weight is 284 g/mol. The Balaban J connectivity index is 0.00000225. The predicted octanol–water partition coefficient (Wildman–Crippen LogP) is 3.54. The van der Waals surface area contributed by atoms with Gasteiger partial charge in [-0.05, 0) is 43.1 Å². The highest BCUT2D eigenvalue weighted by atomic mass is 35.5. The smallest absolute Gasteiger partial charge is 0.0424 e. The molecule has 0 fully saturated rings. The summed E-state index contributed by atoms with van der Waals surface area (Å²) in [4.78, 5) is 0. The summed E-state index contributed by atoms with van der Waals surface area (Å²) in [7, 11) is 0. The fourth-order valence-electron chi connectivity index (χ4n) is 1.46. The maximum Gasteiger partial charge on any atom is 0.0424 e. The van der Waals surface area contributed by atoms with E-state index in [-0.39, 0.29) is 18.4 Å². The third kappa shape index (κ3) is 5.37. The lowest BCUT2D eigenvalue weighted by Crippen LogP contribution is -2.11. The van der Waals surface area contributed by atoms with Crippen LogP contribution in [0.5, 0.6) is 0 Å². The Bertz CT molecular complexity index is 298. The van der Waals surface area contributed by atoms with Gasteiger partial charge in [-0.25, -0.2) is 0 Å².